The number of aromatic nitrogens is 2. The van der Waals surface area contributed by atoms with Gasteiger partial charge in [0.1, 0.15) is 6.23 Å². The molecule has 126 valence electrons. The number of hydrogen-bond donors (Lipinski definition) is 1. The van der Waals surface area contributed by atoms with Crippen molar-refractivity contribution in [1.82, 2.24) is 9.55 Å². The van der Waals surface area contributed by atoms with Gasteiger partial charge < -0.3 is 14.6 Å². The Morgan fingerprint density at radius 1 is 1.74 bits per heavy atom. The molecule has 2 heterocycles. The molecule has 9 nitrogen and oxygen atoms in total. The first kappa shape index (κ1) is 18.0. The zero-order valence-corrected chi connectivity index (χ0v) is 15.2. The summed E-state index contributed by atoms with van der Waals surface area (Å²) in [6.45, 7) is 5.46. The monoisotopic (exact) mass is 435 g/mol. The highest BCUT2D eigenvalue weighted by atomic mass is 127. The first-order valence-electron chi connectivity index (χ1n) is 7.07. The van der Waals surface area contributed by atoms with Crippen LogP contribution in [0.4, 0.5) is 0 Å². The van der Waals surface area contributed by atoms with Crippen molar-refractivity contribution in [2.45, 2.75) is 51.4 Å². The Bertz CT molecular complexity index is 687. The van der Waals surface area contributed by atoms with Gasteiger partial charge >= 0.3 is 5.69 Å². The topological polar surface area (TPSA) is 122 Å². The van der Waals surface area contributed by atoms with Crippen molar-refractivity contribution in [3.8, 4) is 5.88 Å². The average molecular weight is 435 g/mol. The van der Waals surface area contributed by atoms with Gasteiger partial charge in [-0.3, -0.25) is 4.57 Å². The van der Waals surface area contributed by atoms with Crippen LogP contribution in [0.15, 0.2) is 16.1 Å². The molecule has 0 saturated carbocycles. The fourth-order valence-electron chi connectivity index (χ4n) is 2.32. The van der Waals surface area contributed by atoms with E-state index < -0.39 is 23.7 Å². The predicted molar refractivity (Wildman–Crippen MR) is 90.5 cm³/mol. The summed E-state index contributed by atoms with van der Waals surface area (Å²) in [5, 5.41) is 13.8. The Morgan fingerprint density at radius 2 is 2.43 bits per heavy atom. The highest BCUT2D eigenvalue weighted by Gasteiger charge is 2.48. The quantitative estimate of drug-likeness (QED) is 0.249. The molecular weight excluding hydrogens is 417 g/mol. The van der Waals surface area contributed by atoms with E-state index in [0.717, 1.165) is 0 Å². The summed E-state index contributed by atoms with van der Waals surface area (Å²) in [4.78, 5) is 18.9. The first-order chi connectivity index (χ1) is 10.8. The van der Waals surface area contributed by atoms with Gasteiger partial charge in [-0.15, -0.1) is 0 Å². The number of aryl methyl sites for hydroxylation is 1. The molecule has 23 heavy (non-hydrogen) atoms. The Morgan fingerprint density at radius 3 is 3.00 bits per heavy atom. The molecular formula is C13H18IN5O4. The fourth-order valence-corrected chi connectivity index (χ4v) is 3.16. The number of nitrogens with zero attached hydrogens (tertiary/aromatic N) is 5. The second-order valence-corrected chi connectivity index (χ2v) is 6.34. The molecule has 1 aliphatic heterocycles. The molecule has 0 bridgehead atoms. The molecule has 2 rings (SSSR count). The molecule has 1 N–H and O–H groups in total. The summed E-state index contributed by atoms with van der Waals surface area (Å²) in [5.74, 6) is 0.273. The maximum atomic E-state index is 12.2. The smallest absolute Gasteiger partial charge is 0.352 e. The number of ether oxygens (including phenoxy) is 2. The van der Waals surface area contributed by atoms with Crippen LogP contribution in [0.25, 0.3) is 10.4 Å². The molecule has 0 aromatic carbocycles. The van der Waals surface area contributed by atoms with Crippen LogP contribution in [-0.4, -0.2) is 37.0 Å². The standard InChI is InChI=1S/C13H18IN5O4/c1-7(2)22-11-8(3)5-19(12(21)16-11)10-4-9(20)13(6-14,23-10)17-18-15/h5,7,9-10,20H,4,6H2,1-3H3/t9-,10+,13+/m0/s1. The molecule has 1 aromatic rings. The third-order valence-corrected chi connectivity index (χ3v) is 4.53. The number of rotatable bonds is 5. The Kier molecular flexibility index (Phi) is 5.50. The molecule has 0 aliphatic carbocycles. The summed E-state index contributed by atoms with van der Waals surface area (Å²) in [7, 11) is 0. The number of halogens is 1. The van der Waals surface area contributed by atoms with Gasteiger partial charge in [-0.05, 0) is 26.3 Å². The molecule has 1 aliphatic rings. The molecule has 0 spiro atoms. The number of azide groups is 1. The minimum atomic E-state index is -1.37. The van der Waals surface area contributed by atoms with E-state index in [-0.39, 0.29) is 22.8 Å². The number of hydrogen-bond acceptors (Lipinski definition) is 6. The largest absolute Gasteiger partial charge is 0.475 e. The van der Waals surface area contributed by atoms with Crippen LogP contribution in [-0.2, 0) is 4.74 Å². The van der Waals surface area contributed by atoms with Gasteiger partial charge in [0.15, 0.2) is 5.72 Å². The van der Waals surface area contributed by atoms with E-state index in [1.54, 1.807) is 13.1 Å². The van der Waals surface area contributed by atoms with Gasteiger partial charge in [0, 0.05) is 27.5 Å². The van der Waals surface area contributed by atoms with Crippen molar-refractivity contribution < 1.29 is 14.6 Å². The van der Waals surface area contributed by atoms with Crippen LogP contribution in [0.1, 0.15) is 32.1 Å². The minimum absolute atomic E-state index is 0.0994. The normalized spacial score (nSPS) is 27.0. The summed E-state index contributed by atoms with van der Waals surface area (Å²) in [6, 6.07) is 0. The van der Waals surface area contributed by atoms with Gasteiger partial charge in [-0.25, -0.2) is 4.79 Å². The van der Waals surface area contributed by atoms with E-state index in [0.29, 0.717) is 5.56 Å². The lowest BCUT2D eigenvalue weighted by molar-refractivity contribution is -0.0820. The molecule has 0 radical (unpaired) electrons. The molecule has 3 atom stereocenters. The lowest BCUT2D eigenvalue weighted by Crippen LogP contribution is -2.38. The van der Waals surface area contributed by atoms with E-state index in [1.165, 1.54) is 4.57 Å². The van der Waals surface area contributed by atoms with Gasteiger partial charge in [0.25, 0.3) is 0 Å². The number of aliphatic hydroxyl groups is 1. The third kappa shape index (κ3) is 3.60. The molecule has 10 heteroatoms. The summed E-state index contributed by atoms with van der Waals surface area (Å²) in [5.41, 5.74) is 7.43. The molecule has 1 aromatic heterocycles. The molecule has 1 fully saturated rings. The van der Waals surface area contributed by atoms with Crippen molar-refractivity contribution >= 4 is 22.6 Å². The second-order valence-electron chi connectivity index (χ2n) is 5.58. The zero-order chi connectivity index (χ0) is 17.2. The van der Waals surface area contributed by atoms with Crippen molar-refractivity contribution in [3.63, 3.8) is 0 Å². The van der Waals surface area contributed by atoms with E-state index >= 15 is 0 Å². The van der Waals surface area contributed by atoms with Crippen LogP contribution in [0.2, 0.25) is 0 Å². The van der Waals surface area contributed by atoms with Crippen LogP contribution in [0.5, 0.6) is 5.88 Å². The highest BCUT2D eigenvalue weighted by Crippen LogP contribution is 2.39. The van der Waals surface area contributed by atoms with Gasteiger partial charge in [-0.2, -0.15) is 4.98 Å². The first-order valence-corrected chi connectivity index (χ1v) is 8.60. The van der Waals surface area contributed by atoms with Crippen molar-refractivity contribution in [2.75, 3.05) is 4.43 Å². The van der Waals surface area contributed by atoms with Crippen LogP contribution >= 0.6 is 22.6 Å². The van der Waals surface area contributed by atoms with Crippen molar-refractivity contribution in [3.05, 3.63) is 32.7 Å². The summed E-state index contributed by atoms with van der Waals surface area (Å²) >= 11 is 1.97. The van der Waals surface area contributed by atoms with Crippen LogP contribution in [0.3, 0.4) is 0 Å². The molecule has 0 amide bonds. The van der Waals surface area contributed by atoms with Crippen molar-refractivity contribution in [1.29, 1.82) is 0 Å². The number of alkyl halides is 1. The Hall–Kier alpha value is -1.36. The van der Waals surface area contributed by atoms with Gasteiger partial charge in [0.2, 0.25) is 5.88 Å². The predicted octanol–water partition coefficient (Wildman–Crippen LogP) is 2.06. The Balaban J connectivity index is 2.35. The highest BCUT2D eigenvalue weighted by molar-refractivity contribution is 14.1. The third-order valence-electron chi connectivity index (χ3n) is 3.44. The zero-order valence-electron chi connectivity index (χ0n) is 13.0. The van der Waals surface area contributed by atoms with Crippen LogP contribution < -0.4 is 10.4 Å². The van der Waals surface area contributed by atoms with E-state index in [9.17, 15) is 9.90 Å². The van der Waals surface area contributed by atoms with E-state index in [2.05, 4.69) is 15.0 Å². The SMILES string of the molecule is Cc1cn([C@H]2C[C@H](O)[C@](CI)(N=[N+]=[N-])O2)c(=O)nc1OC(C)C. The number of aliphatic hydroxyl groups excluding tert-OH is 1. The van der Waals surface area contributed by atoms with Gasteiger partial charge in [-0.1, -0.05) is 27.7 Å². The van der Waals surface area contributed by atoms with E-state index in [4.69, 9.17) is 15.0 Å². The average Bonchev–Trinajstić information content (AvgIpc) is 2.80. The summed E-state index contributed by atoms with van der Waals surface area (Å²) < 4.78 is 12.7. The van der Waals surface area contributed by atoms with Crippen LogP contribution in [0, 0.1) is 6.92 Å². The second kappa shape index (κ2) is 7.04. The van der Waals surface area contributed by atoms with E-state index in [1.807, 2.05) is 36.4 Å². The lowest BCUT2D eigenvalue weighted by Gasteiger charge is -2.24. The van der Waals surface area contributed by atoms with Gasteiger partial charge in [0.05, 0.1) is 12.2 Å². The maximum absolute atomic E-state index is 12.2. The lowest BCUT2D eigenvalue weighted by atomic mass is 10.1. The Labute approximate surface area is 146 Å². The fraction of sp³-hybridized carbons (Fsp3) is 0.692. The summed E-state index contributed by atoms with van der Waals surface area (Å²) in [6.07, 6.45) is -0.147. The van der Waals surface area contributed by atoms with Crippen molar-refractivity contribution in [2.24, 2.45) is 5.11 Å². The molecule has 1 saturated heterocycles. The molecule has 0 unspecified atom stereocenters. The maximum Gasteiger partial charge on any atom is 0.352 e. The minimum Gasteiger partial charge on any atom is -0.475 e.